The Labute approximate surface area is 176 Å². The molecular formula is C23H29F2N5. The van der Waals surface area contributed by atoms with Gasteiger partial charge in [-0.3, -0.25) is 4.57 Å². The highest BCUT2D eigenvalue weighted by molar-refractivity contribution is 5.76. The molecule has 1 aliphatic heterocycles. The fourth-order valence-corrected chi connectivity index (χ4v) is 4.20. The normalized spacial score (nSPS) is 16.4. The van der Waals surface area contributed by atoms with Gasteiger partial charge in [0, 0.05) is 37.6 Å². The Morgan fingerprint density at radius 3 is 2.47 bits per heavy atom. The van der Waals surface area contributed by atoms with E-state index in [9.17, 15) is 8.78 Å². The molecule has 0 amide bonds. The molecule has 1 unspecified atom stereocenters. The number of imidazole rings is 1. The molecule has 0 aliphatic carbocycles. The second-order valence-corrected chi connectivity index (χ2v) is 7.89. The predicted molar refractivity (Wildman–Crippen MR) is 119 cm³/mol. The van der Waals surface area contributed by atoms with E-state index in [-0.39, 0.29) is 6.04 Å². The topological polar surface area (TPSA) is 36.3 Å². The second-order valence-electron chi connectivity index (χ2n) is 7.89. The monoisotopic (exact) mass is 413 g/mol. The number of hydrogen-bond donors (Lipinski definition) is 1. The molecule has 1 saturated heterocycles. The number of rotatable bonds is 6. The van der Waals surface area contributed by atoms with Crippen LogP contribution in [-0.4, -0.2) is 47.2 Å². The van der Waals surface area contributed by atoms with Gasteiger partial charge in [-0.1, -0.05) is 19.1 Å². The lowest BCUT2D eigenvalue weighted by molar-refractivity contribution is 0.0708. The van der Waals surface area contributed by atoms with Crippen molar-refractivity contribution in [1.82, 2.24) is 14.5 Å². The van der Waals surface area contributed by atoms with Crippen LogP contribution >= 0.6 is 0 Å². The summed E-state index contributed by atoms with van der Waals surface area (Å²) in [5, 5.41) is 3.39. The zero-order valence-electron chi connectivity index (χ0n) is 17.8. The van der Waals surface area contributed by atoms with Gasteiger partial charge in [0.25, 0.3) is 0 Å². The van der Waals surface area contributed by atoms with Crippen molar-refractivity contribution in [3.8, 4) is 0 Å². The molecule has 2 heterocycles. The molecule has 1 fully saturated rings. The Morgan fingerprint density at radius 1 is 1.07 bits per heavy atom. The summed E-state index contributed by atoms with van der Waals surface area (Å²) in [5.74, 6) is 0.338. The van der Waals surface area contributed by atoms with Crippen LogP contribution in [0.15, 0.2) is 42.5 Å². The van der Waals surface area contributed by atoms with E-state index in [2.05, 4.69) is 46.1 Å². The average Bonchev–Trinajstić information content (AvgIpc) is 3.15. The van der Waals surface area contributed by atoms with Crippen LogP contribution in [0.3, 0.4) is 0 Å². The van der Waals surface area contributed by atoms with Gasteiger partial charge in [0.05, 0.1) is 17.1 Å². The van der Waals surface area contributed by atoms with Crippen LogP contribution in [-0.2, 0) is 0 Å². The van der Waals surface area contributed by atoms with E-state index in [1.807, 2.05) is 19.1 Å². The molecular weight excluding hydrogens is 384 g/mol. The Kier molecular flexibility index (Phi) is 5.90. The number of likely N-dealkylation sites (N-methyl/N-ethyl adjacent to an activating group) is 1. The van der Waals surface area contributed by atoms with Crippen LogP contribution < -0.4 is 10.2 Å². The lowest BCUT2D eigenvalue weighted by atomic mass is 10.1. The lowest BCUT2D eigenvalue weighted by Crippen LogP contribution is -2.46. The van der Waals surface area contributed by atoms with Crippen molar-refractivity contribution in [2.45, 2.75) is 33.4 Å². The SMILES string of the molecule is CCN1CCN(c2ccc(NC(C)c3nc4ccccc4n3C(F)F)c(C)c2)CC1. The highest BCUT2D eigenvalue weighted by Gasteiger charge is 2.22. The Balaban J connectivity index is 1.53. The number of nitrogens with zero attached hydrogens (tertiary/aromatic N) is 4. The third kappa shape index (κ3) is 3.99. The average molecular weight is 414 g/mol. The van der Waals surface area contributed by atoms with Gasteiger partial charge >= 0.3 is 6.55 Å². The summed E-state index contributed by atoms with van der Waals surface area (Å²) in [6, 6.07) is 13.0. The number of halogens is 2. The molecule has 3 aromatic rings. The molecule has 0 radical (unpaired) electrons. The molecule has 160 valence electrons. The summed E-state index contributed by atoms with van der Waals surface area (Å²) in [5.41, 5.74) is 4.28. The summed E-state index contributed by atoms with van der Waals surface area (Å²) in [7, 11) is 0. The minimum Gasteiger partial charge on any atom is -0.375 e. The number of aromatic nitrogens is 2. The van der Waals surface area contributed by atoms with Gasteiger partial charge in [-0.2, -0.15) is 8.78 Å². The third-order valence-corrected chi connectivity index (χ3v) is 5.97. The van der Waals surface area contributed by atoms with Crippen molar-refractivity contribution in [3.05, 3.63) is 53.9 Å². The first kappa shape index (κ1) is 20.6. The number of benzene rings is 2. The van der Waals surface area contributed by atoms with Crippen molar-refractivity contribution < 1.29 is 8.78 Å². The van der Waals surface area contributed by atoms with Crippen molar-refractivity contribution in [2.24, 2.45) is 0 Å². The Morgan fingerprint density at radius 2 is 1.80 bits per heavy atom. The van der Waals surface area contributed by atoms with Crippen molar-refractivity contribution in [2.75, 3.05) is 42.9 Å². The largest absolute Gasteiger partial charge is 0.375 e. The van der Waals surface area contributed by atoms with Gasteiger partial charge < -0.3 is 15.1 Å². The van der Waals surface area contributed by atoms with Crippen LogP contribution in [0.4, 0.5) is 20.2 Å². The van der Waals surface area contributed by atoms with Gasteiger partial charge in [-0.15, -0.1) is 0 Å². The van der Waals surface area contributed by atoms with Crippen LogP contribution in [0.5, 0.6) is 0 Å². The quantitative estimate of drug-likeness (QED) is 0.613. The van der Waals surface area contributed by atoms with E-state index in [0.717, 1.165) is 48.5 Å². The number of piperazine rings is 1. The van der Waals surface area contributed by atoms with E-state index in [4.69, 9.17) is 0 Å². The van der Waals surface area contributed by atoms with Gasteiger partial charge in [-0.25, -0.2) is 4.98 Å². The first-order chi connectivity index (χ1) is 14.5. The number of hydrogen-bond acceptors (Lipinski definition) is 4. The molecule has 1 atom stereocenters. The zero-order chi connectivity index (χ0) is 21.3. The highest BCUT2D eigenvalue weighted by Crippen LogP contribution is 2.30. The standard InChI is InChI=1S/C23H29F2N5/c1-4-28-11-13-29(14-12-28)18-9-10-19(16(2)15-18)26-17(3)22-27-20-7-5-6-8-21(20)30(22)23(24)25/h5-10,15,17,23,26H,4,11-14H2,1-3H3. The zero-order valence-corrected chi connectivity index (χ0v) is 17.8. The number of anilines is 2. The molecule has 4 rings (SSSR count). The van der Waals surface area contributed by atoms with Gasteiger partial charge in [0.15, 0.2) is 0 Å². The number of aryl methyl sites for hydroxylation is 1. The van der Waals surface area contributed by atoms with Crippen LogP contribution in [0, 0.1) is 6.92 Å². The molecule has 1 aromatic heterocycles. The minimum absolute atomic E-state index is 0.338. The number of nitrogens with one attached hydrogen (secondary N) is 1. The van der Waals surface area contributed by atoms with Crippen molar-refractivity contribution in [1.29, 1.82) is 0 Å². The van der Waals surface area contributed by atoms with E-state index in [0.29, 0.717) is 16.9 Å². The van der Waals surface area contributed by atoms with E-state index < -0.39 is 6.55 Å². The second kappa shape index (κ2) is 8.60. The van der Waals surface area contributed by atoms with Gasteiger partial charge in [-0.05, 0) is 56.3 Å². The summed E-state index contributed by atoms with van der Waals surface area (Å²) >= 11 is 0. The molecule has 30 heavy (non-hydrogen) atoms. The van der Waals surface area contributed by atoms with E-state index >= 15 is 0 Å². The summed E-state index contributed by atoms with van der Waals surface area (Å²) < 4.78 is 28.6. The molecule has 7 heteroatoms. The number of fused-ring (bicyclic) bond motifs is 1. The smallest absolute Gasteiger partial charge is 0.320 e. The van der Waals surface area contributed by atoms with Gasteiger partial charge in [0.2, 0.25) is 0 Å². The van der Waals surface area contributed by atoms with Crippen LogP contribution in [0.25, 0.3) is 11.0 Å². The van der Waals surface area contributed by atoms with E-state index in [1.165, 1.54) is 5.69 Å². The maximum atomic E-state index is 13.8. The summed E-state index contributed by atoms with van der Waals surface area (Å²) in [4.78, 5) is 9.33. The maximum absolute atomic E-state index is 13.8. The first-order valence-corrected chi connectivity index (χ1v) is 10.6. The van der Waals surface area contributed by atoms with Gasteiger partial charge in [0.1, 0.15) is 5.82 Å². The maximum Gasteiger partial charge on any atom is 0.320 e. The van der Waals surface area contributed by atoms with Crippen molar-refractivity contribution >= 4 is 22.4 Å². The highest BCUT2D eigenvalue weighted by atomic mass is 19.3. The fourth-order valence-electron chi connectivity index (χ4n) is 4.20. The molecule has 1 N–H and O–H groups in total. The molecule has 0 bridgehead atoms. The lowest BCUT2D eigenvalue weighted by Gasteiger charge is -2.35. The fraction of sp³-hybridized carbons (Fsp3) is 0.435. The Hall–Kier alpha value is -2.67. The molecule has 0 saturated carbocycles. The number of para-hydroxylation sites is 2. The molecule has 5 nitrogen and oxygen atoms in total. The molecule has 1 aliphatic rings. The van der Waals surface area contributed by atoms with Crippen LogP contribution in [0.2, 0.25) is 0 Å². The first-order valence-electron chi connectivity index (χ1n) is 10.6. The van der Waals surface area contributed by atoms with Crippen molar-refractivity contribution in [3.63, 3.8) is 0 Å². The summed E-state index contributed by atoms with van der Waals surface area (Å²) in [6.45, 7) is 8.79. The predicted octanol–water partition coefficient (Wildman–Crippen LogP) is 5.05. The van der Waals surface area contributed by atoms with E-state index in [1.54, 1.807) is 18.2 Å². The summed E-state index contributed by atoms with van der Waals surface area (Å²) in [6.07, 6.45) is 0. The molecule has 0 spiro atoms. The minimum atomic E-state index is -2.64. The van der Waals surface area contributed by atoms with Crippen LogP contribution in [0.1, 0.15) is 37.8 Å². The Bertz CT molecular complexity index is 1010. The molecule has 2 aromatic carbocycles. The third-order valence-electron chi connectivity index (χ3n) is 5.97. The number of alkyl halides is 2.